The van der Waals surface area contributed by atoms with Gasteiger partial charge in [0.1, 0.15) is 5.76 Å². The van der Waals surface area contributed by atoms with E-state index in [0.29, 0.717) is 12.5 Å². The zero-order valence-corrected chi connectivity index (χ0v) is 8.57. The maximum Gasteiger partial charge on any atom is 0.140 e. The molecule has 0 aromatic carbocycles. The van der Waals surface area contributed by atoms with Gasteiger partial charge < -0.3 is 10.3 Å². The van der Waals surface area contributed by atoms with E-state index in [2.05, 4.69) is 16.1 Å². The van der Waals surface area contributed by atoms with Gasteiger partial charge in [0.2, 0.25) is 0 Å². The molecule has 0 saturated heterocycles. The summed E-state index contributed by atoms with van der Waals surface area (Å²) in [5.41, 5.74) is 6.48. The molecule has 0 aliphatic heterocycles. The summed E-state index contributed by atoms with van der Waals surface area (Å²) < 4.78 is 5.26. The zero-order chi connectivity index (χ0) is 9.97. The van der Waals surface area contributed by atoms with Crippen LogP contribution in [-0.2, 0) is 6.54 Å². The second kappa shape index (κ2) is 4.11. The Hall–Kier alpha value is -0.870. The highest BCUT2D eigenvalue weighted by Gasteiger charge is 2.27. The van der Waals surface area contributed by atoms with Crippen LogP contribution in [0.4, 0.5) is 0 Å². The molecule has 1 heterocycles. The summed E-state index contributed by atoms with van der Waals surface area (Å²) in [6.45, 7) is 2.41. The van der Waals surface area contributed by atoms with Crippen molar-refractivity contribution in [3.63, 3.8) is 0 Å². The third-order valence-corrected chi connectivity index (χ3v) is 2.50. The van der Waals surface area contributed by atoms with Crippen molar-refractivity contribution in [1.82, 2.24) is 10.1 Å². The summed E-state index contributed by atoms with van der Waals surface area (Å²) >= 11 is 0. The van der Waals surface area contributed by atoms with Crippen molar-refractivity contribution in [2.45, 2.75) is 25.3 Å². The first-order chi connectivity index (χ1) is 6.79. The number of nitrogens with zero attached hydrogens (tertiary/aromatic N) is 2. The Morgan fingerprint density at radius 3 is 3.07 bits per heavy atom. The topological polar surface area (TPSA) is 55.3 Å². The van der Waals surface area contributed by atoms with Crippen molar-refractivity contribution >= 4 is 0 Å². The number of aromatic nitrogens is 1. The molecule has 0 bridgehead atoms. The van der Waals surface area contributed by atoms with Crippen LogP contribution < -0.4 is 5.73 Å². The van der Waals surface area contributed by atoms with Gasteiger partial charge in [-0.15, -0.1) is 0 Å². The molecule has 1 aliphatic rings. The molecule has 0 atom stereocenters. The number of rotatable bonds is 5. The third-order valence-electron chi connectivity index (χ3n) is 2.50. The average Bonchev–Trinajstić information content (AvgIpc) is 2.89. The SMILES string of the molecule is CN(CCN)Cc1cc(C2CC2)on1. The Labute approximate surface area is 84.0 Å². The molecule has 0 radical (unpaired) electrons. The summed E-state index contributed by atoms with van der Waals surface area (Å²) in [6.07, 6.45) is 2.51. The van der Waals surface area contributed by atoms with Crippen LogP contribution in [0.1, 0.15) is 30.2 Å². The first kappa shape index (κ1) is 9.68. The quantitative estimate of drug-likeness (QED) is 0.759. The van der Waals surface area contributed by atoms with Crippen LogP contribution in [0.25, 0.3) is 0 Å². The Morgan fingerprint density at radius 1 is 1.64 bits per heavy atom. The maximum atomic E-state index is 5.46. The predicted octanol–water partition coefficient (Wildman–Crippen LogP) is 0.942. The van der Waals surface area contributed by atoms with Gasteiger partial charge >= 0.3 is 0 Å². The second-order valence-electron chi connectivity index (χ2n) is 4.02. The van der Waals surface area contributed by atoms with E-state index < -0.39 is 0 Å². The monoisotopic (exact) mass is 195 g/mol. The van der Waals surface area contributed by atoms with Gasteiger partial charge in [-0.05, 0) is 19.9 Å². The largest absolute Gasteiger partial charge is 0.361 e. The van der Waals surface area contributed by atoms with Gasteiger partial charge in [0, 0.05) is 31.6 Å². The molecule has 1 aliphatic carbocycles. The van der Waals surface area contributed by atoms with Crippen LogP contribution in [-0.4, -0.2) is 30.2 Å². The third kappa shape index (κ3) is 2.33. The molecule has 0 spiro atoms. The summed E-state index contributed by atoms with van der Waals surface area (Å²) in [4.78, 5) is 2.15. The minimum absolute atomic E-state index is 0.649. The number of hydrogen-bond donors (Lipinski definition) is 1. The van der Waals surface area contributed by atoms with Crippen LogP contribution in [0, 0.1) is 0 Å². The molecule has 1 aromatic rings. The fraction of sp³-hybridized carbons (Fsp3) is 0.700. The highest BCUT2D eigenvalue weighted by atomic mass is 16.5. The minimum Gasteiger partial charge on any atom is -0.361 e. The predicted molar refractivity (Wildman–Crippen MR) is 53.9 cm³/mol. The highest BCUT2D eigenvalue weighted by molar-refractivity contribution is 5.14. The normalized spacial score (nSPS) is 16.5. The molecule has 0 amide bonds. The van der Waals surface area contributed by atoms with E-state index in [0.717, 1.165) is 24.5 Å². The molecule has 2 N–H and O–H groups in total. The van der Waals surface area contributed by atoms with Crippen LogP contribution >= 0.6 is 0 Å². The first-order valence-electron chi connectivity index (χ1n) is 5.13. The van der Waals surface area contributed by atoms with E-state index in [4.69, 9.17) is 10.3 Å². The average molecular weight is 195 g/mol. The van der Waals surface area contributed by atoms with Gasteiger partial charge in [-0.2, -0.15) is 0 Å². The van der Waals surface area contributed by atoms with E-state index in [9.17, 15) is 0 Å². The van der Waals surface area contributed by atoms with Gasteiger partial charge in [-0.25, -0.2) is 0 Å². The first-order valence-corrected chi connectivity index (χ1v) is 5.13. The number of hydrogen-bond acceptors (Lipinski definition) is 4. The summed E-state index contributed by atoms with van der Waals surface area (Å²) in [5, 5.41) is 4.04. The molecular weight excluding hydrogens is 178 g/mol. The van der Waals surface area contributed by atoms with Crippen molar-refractivity contribution < 1.29 is 4.52 Å². The van der Waals surface area contributed by atoms with E-state index in [1.54, 1.807) is 0 Å². The van der Waals surface area contributed by atoms with Gasteiger partial charge in [0.25, 0.3) is 0 Å². The molecule has 1 fully saturated rings. The molecule has 14 heavy (non-hydrogen) atoms. The fourth-order valence-electron chi connectivity index (χ4n) is 1.54. The smallest absolute Gasteiger partial charge is 0.140 e. The summed E-state index contributed by atoms with van der Waals surface area (Å²) in [7, 11) is 2.04. The fourth-order valence-corrected chi connectivity index (χ4v) is 1.54. The lowest BCUT2D eigenvalue weighted by Gasteiger charge is -2.12. The van der Waals surface area contributed by atoms with Crippen LogP contribution in [0.2, 0.25) is 0 Å². The molecular formula is C10H17N3O. The summed E-state index contributed by atoms with van der Waals surface area (Å²) in [5.74, 6) is 1.71. The minimum atomic E-state index is 0.649. The van der Waals surface area contributed by atoms with Gasteiger partial charge in [-0.1, -0.05) is 5.16 Å². The molecule has 4 heteroatoms. The van der Waals surface area contributed by atoms with E-state index in [1.807, 2.05) is 7.05 Å². The van der Waals surface area contributed by atoms with Crippen LogP contribution in [0.5, 0.6) is 0 Å². The molecule has 1 saturated carbocycles. The molecule has 4 nitrogen and oxygen atoms in total. The van der Waals surface area contributed by atoms with Crippen molar-refractivity contribution in [3.8, 4) is 0 Å². The van der Waals surface area contributed by atoms with E-state index in [1.165, 1.54) is 12.8 Å². The standard InChI is InChI=1S/C10H17N3O/c1-13(5-4-11)7-9-6-10(14-12-9)8-2-3-8/h6,8H,2-5,7,11H2,1H3. The van der Waals surface area contributed by atoms with Crippen molar-refractivity contribution in [2.75, 3.05) is 20.1 Å². The van der Waals surface area contributed by atoms with E-state index in [-0.39, 0.29) is 0 Å². The number of likely N-dealkylation sites (N-methyl/N-ethyl adjacent to an activating group) is 1. The van der Waals surface area contributed by atoms with Gasteiger partial charge in [0.05, 0.1) is 5.69 Å². The Balaban J connectivity index is 1.88. The Kier molecular flexibility index (Phi) is 2.84. The van der Waals surface area contributed by atoms with Crippen molar-refractivity contribution in [2.24, 2.45) is 5.73 Å². The molecule has 1 aromatic heterocycles. The summed E-state index contributed by atoms with van der Waals surface area (Å²) in [6, 6.07) is 2.07. The maximum absolute atomic E-state index is 5.46. The lowest BCUT2D eigenvalue weighted by Crippen LogP contribution is -2.25. The zero-order valence-electron chi connectivity index (χ0n) is 8.57. The second-order valence-corrected chi connectivity index (χ2v) is 4.02. The Bertz CT molecular complexity index is 293. The van der Waals surface area contributed by atoms with Gasteiger partial charge in [-0.3, -0.25) is 4.90 Å². The highest BCUT2D eigenvalue weighted by Crippen LogP contribution is 2.40. The van der Waals surface area contributed by atoms with Gasteiger partial charge in [0.15, 0.2) is 0 Å². The number of nitrogens with two attached hydrogens (primary N) is 1. The van der Waals surface area contributed by atoms with E-state index >= 15 is 0 Å². The molecule has 78 valence electrons. The lowest BCUT2D eigenvalue weighted by molar-refractivity contribution is 0.314. The molecule has 2 rings (SSSR count). The van der Waals surface area contributed by atoms with Crippen molar-refractivity contribution in [1.29, 1.82) is 0 Å². The molecule has 0 unspecified atom stereocenters. The van der Waals surface area contributed by atoms with Crippen LogP contribution in [0.15, 0.2) is 10.6 Å². The Morgan fingerprint density at radius 2 is 2.43 bits per heavy atom. The van der Waals surface area contributed by atoms with Crippen LogP contribution in [0.3, 0.4) is 0 Å². The lowest BCUT2D eigenvalue weighted by atomic mass is 10.3. The van der Waals surface area contributed by atoms with Crippen molar-refractivity contribution in [3.05, 3.63) is 17.5 Å².